The third-order valence-corrected chi connectivity index (χ3v) is 1.61. The van der Waals surface area contributed by atoms with Crippen LogP contribution in [0.1, 0.15) is 26.2 Å². The Balaban J connectivity index is 3.22. The smallest absolute Gasteiger partial charge is 0.404 e. The second-order valence-electron chi connectivity index (χ2n) is 3.14. The highest BCUT2D eigenvalue weighted by Crippen LogP contribution is 1.99. The number of rotatable bonds is 7. The Morgan fingerprint density at radius 3 is 2.13 bits per heavy atom. The van der Waals surface area contributed by atoms with Gasteiger partial charge in [-0.05, 0) is 26.2 Å². The number of unbranched alkanes of at least 4 members (excludes halogenated alkanes) is 2. The lowest BCUT2D eigenvalue weighted by Gasteiger charge is -2.04. The van der Waals surface area contributed by atoms with Crippen molar-refractivity contribution in [1.82, 2.24) is 0 Å². The van der Waals surface area contributed by atoms with E-state index in [2.05, 4.69) is 11.3 Å². The molecule has 15 heavy (non-hydrogen) atoms. The summed E-state index contributed by atoms with van der Waals surface area (Å²) in [5.74, 6) is -0.372. The van der Waals surface area contributed by atoms with Gasteiger partial charge < -0.3 is 15.2 Å². The normalized spacial score (nSPS) is 9.40. The molecule has 5 nitrogen and oxygen atoms in total. The van der Waals surface area contributed by atoms with Crippen LogP contribution in [0.25, 0.3) is 0 Å². The molecule has 5 heteroatoms. The summed E-state index contributed by atoms with van der Waals surface area (Å²) in [6.45, 7) is 5.73. The number of primary amides is 1. The molecule has 0 radical (unpaired) electrons. The van der Waals surface area contributed by atoms with E-state index >= 15 is 0 Å². The predicted molar refractivity (Wildman–Crippen MR) is 55.2 cm³/mol. The van der Waals surface area contributed by atoms with Gasteiger partial charge in [0.1, 0.15) is 0 Å². The minimum Gasteiger partial charge on any atom is -0.462 e. The molecule has 0 rings (SSSR count). The van der Waals surface area contributed by atoms with Gasteiger partial charge in [0.05, 0.1) is 13.2 Å². The SMILES string of the molecule is C=C(C)C(=O)OCCCCCOC(N)=O. The number of amides is 1. The van der Waals surface area contributed by atoms with Crippen molar-refractivity contribution in [3.63, 3.8) is 0 Å². The summed E-state index contributed by atoms with van der Waals surface area (Å²) in [6, 6.07) is 0. The first-order valence-electron chi connectivity index (χ1n) is 4.79. The van der Waals surface area contributed by atoms with Gasteiger partial charge in [0.2, 0.25) is 0 Å². The lowest BCUT2D eigenvalue weighted by Crippen LogP contribution is -2.13. The average molecular weight is 215 g/mol. The topological polar surface area (TPSA) is 78.6 Å². The third-order valence-electron chi connectivity index (χ3n) is 1.61. The molecule has 0 aliphatic heterocycles. The molecule has 86 valence electrons. The molecule has 0 aromatic rings. The lowest BCUT2D eigenvalue weighted by atomic mass is 10.2. The van der Waals surface area contributed by atoms with Crippen LogP contribution in [0.3, 0.4) is 0 Å². The highest BCUT2D eigenvalue weighted by Gasteiger charge is 2.01. The van der Waals surface area contributed by atoms with Crippen LogP contribution in [-0.2, 0) is 14.3 Å². The maximum absolute atomic E-state index is 10.9. The molecule has 0 bridgehead atoms. The molecule has 0 spiro atoms. The van der Waals surface area contributed by atoms with Crippen LogP contribution in [0.2, 0.25) is 0 Å². The predicted octanol–water partition coefficient (Wildman–Crippen LogP) is 1.37. The molecule has 0 unspecified atom stereocenters. The van der Waals surface area contributed by atoms with E-state index in [9.17, 15) is 9.59 Å². The fourth-order valence-corrected chi connectivity index (χ4v) is 0.842. The van der Waals surface area contributed by atoms with Crippen molar-refractivity contribution in [2.75, 3.05) is 13.2 Å². The molecule has 0 aromatic heterocycles. The Hall–Kier alpha value is -1.52. The molecule has 0 saturated heterocycles. The quantitative estimate of drug-likeness (QED) is 0.395. The van der Waals surface area contributed by atoms with Crippen LogP contribution in [0, 0.1) is 0 Å². The first-order valence-corrected chi connectivity index (χ1v) is 4.79. The van der Waals surface area contributed by atoms with E-state index in [0.717, 1.165) is 12.8 Å². The number of hydrogen-bond acceptors (Lipinski definition) is 4. The van der Waals surface area contributed by atoms with Gasteiger partial charge in [-0.2, -0.15) is 0 Å². The molecule has 0 heterocycles. The average Bonchev–Trinajstić information content (AvgIpc) is 2.15. The maximum Gasteiger partial charge on any atom is 0.404 e. The van der Waals surface area contributed by atoms with Gasteiger partial charge in [0.25, 0.3) is 0 Å². The zero-order valence-electron chi connectivity index (χ0n) is 8.95. The maximum atomic E-state index is 10.9. The number of carbonyl (C=O) groups is 2. The lowest BCUT2D eigenvalue weighted by molar-refractivity contribution is -0.139. The second kappa shape index (κ2) is 7.84. The van der Waals surface area contributed by atoms with E-state index in [4.69, 9.17) is 10.5 Å². The van der Waals surface area contributed by atoms with Crippen LogP contribution in [-0.4, -0.2) is 25.3 Å². The highest BCUT2D eigenvalue weighted by molar-refractivity contribution is 5.86. The molecule has 1 amide bonds. The summed E-state index contributed by atoms with van der Waals surface area (Å²) < 4.78 is 9.38. The molecule has 0 atom stereocenters. The summed E-state index contributed by atoms with van der Waals surface area (Å²) in [5, 5.41) is 0. The summed E-state index contributed by atoms with van der Waals surface area (Å²) in [4.78, 5) is 21.1. The largest absolute Gasteiger partial charge is 0.462 e. The van der Waals surface area contributed by atoms with E-state index in [1.807, 2.05) is 0 Å². The second-order valence-corrected chi connectivity index (χ2v) is 3.14. The molecular weight excluding hydrogens is 198 g/mol. The molecule has 0 aromatic carbocycles. The minimum atomic E-state index is -0.760. The summed E-state index contributed by atoms with van der Waals surface area (Å²) in [7, 11) is 0. The van der Waals surface area contributed by atoms with E-state index < -0.39 is 6.09 Å². The number of carbonyl (C=O) groups excluding carboxylic acids is 2. The van der Waals surface area contributed by atoms with E-state index in [1.54, 1.807) is 6.92 Å². The Morgan fingerprint density at radius 1 is 1.13 bits per heavy atom. The van der Waals surface area contributed by atoms with E-state index in [-0.39, 0.29) is 5.97 Å². The minimum absolute atomic E-state index is 0.309. The van der Waals surface area contributed by atoms with Crippen molar-refractivity contribution >= 4 is 12.1 Å². The van der Waals surface area contributed by atoms with Crippen LogP contribution in [0.5, 0.6) is 0 Å². The Bertz CT molecular complexity index is 238. The van der Waals surface area contributed by atoms with Crippen molar-refractivity contribution in [2.45, 2.75) is 26.2 Å². The van der Waals surface area contributed by atoms with Crippen LogP contribution >= 0.6 is 0 Å². The highest BCUT2D eigenvalue weighted by atomic mass is 16.5. The van der Waals surface area contributed by atoms with Crippen molar-refractivity contribution in [3.05, 3.63) is 12.2 Å². The van der Waals surface area contributed by atoms with Crippen molar-refractivity contribution in [2.24, 2.45) is 5.73 Å². The van der Waals surface area contributed by atoms with E-state index in [1.165, 1.54) is 0 Å². The van der Waals surface area contributed by atoms with Crippen molar-refractivity contribution in [3.8, 4) is 0 Å². The molecule has 0 saturated carbocycles. The summed E-state index contributed by atoms with van der Waals surface area (Å²) >= 11 is 0. The van der Waals surface area contributed by atoms with E-state index in [0.29, 0.717) is 25.2 Å². The van der Waals surface area contributed by atoms with Gasteiger partial charge in [-0.3, -0.25) is 0 Å². The zero-order valence-corrected chi connectivity index (χ0v) is 8.95. The molecule has 0 aliphatic carbocycles. The number of nitrogens with two attached hydrogens (primary N) is 1. The van der Waals surface area contributed by atoms with Gasteiger partial charge in [-0.25, -0.2) is 9.59 Å². The zero-order chi connectivity index (χ0) is 11.7. The fraction of sp³-hybridized carbons (Fsp3) is 0.600. The first kappa shape index (κ1) is 13.5. The van der Waals surface area contributed by atoms with Crippen LogP contribution in [0.4, 0.5) is 4.79 Å². The van der Waals surface area contributed by atoms with Gasteiger partial charge in [0, 0.05) is 5.57 Å². The van der Waals surface area contributed by atoms with Gasteiger partial charge in [-0.1, -0.05) is 6.58 Å². The van der Waals surface area contributed by atoms with Gasteiger partial charge in [0.15, 0.2) is 0 Å². The molecular formula is C10H17NO4. The van der Waals surface area contributed by atoms with Crippen molar-refractivity contribution < 1.29 is 19.1 Å². The molecule has 0 aliphatic rings. The third kappa shape index (κ3) is 8.80. The molecule has 0 fully saturated rings. The van der Waals surface area contributed by atoms with Crippen LogP contribution < -0.4 is 5.73 Å². The fourth-order valence-electron chi connectivity index (χ4n) is 0.842. The summed E-state index contributed by atoms with van der Waals surface area (Å²) in [5.41, 5.74) is 5.16. The van der Waals surface area contributed by atoms with Gasteiger partial charge >= 0.3 is 12.1 Å². The van der Waals surface area contributed by atoms with Crippen molar-refractivity contribution in [1.29, 1.82) is 0 Å². The Kier molecular flexibility index (Phi) is 7.05. The Morgan fingerprint density at radius 2 is 1.67 bits per heavy atom. The monoisotopic (exact) mass is 215 g/mol. The number of esters is 1. The van der Waals surface area contributed by atoms with Gasteiger partial charge in [-0.15, -0.1) is 0 Å². The standard InChI is InChI=1S/C10H17NO4/c1-8(2)9(12)14-6-4-3-5-7-15-10(11)13/h1,3-7H2,2H3,(H2,11,13). The number of ether oxygens (including phenoxy) is 2. The first-order chi connectivity index (χ1) is 7.04. The summed E-state index contributed by atoms with van der Waals surface area (Å²) in [6.07, 6.45) is 1.51. The number of hydrogen-bond donors (Lipinski definition) is 1. The Labute approximate surface area is 89.2 Å². The van der Waals surface area contributed by atoms with Crippen LogP contribution in [0.15, 0.2) is 12.2 Å². The molecule has 2 N–H and O–H groups in total.